The van der Waals surface area contributed by atoms with Crippen LogP contribution in [0.3, 0.4) is 0 Å². The summed E-state index contributed by atoms with van der Waals surface area (Å²) in [5.41, 5.74) is 0. The van der Waals surface area contributed by atoms with Gasteiger partial charge in [0.05, 0.1) is 0 Å². The molecule has 0 bridgehead atoms. The maximum Gasteiger partial charge on any atom is 0.00818 e. The highest BCUT2D eigenvalue weighted by molar-refractivity contribution is 4.77. The summed E-state index contributed by atoms with van der Waals surface area (Å²) in [7, 11) is 0. The Morgan fingerprint density at radius 3 is 2.65 bits per heavy atom. The molecule has 0 amide bonds. The van der Waals surface area contributed by atoms with E-state index in [0.29, 0.717) is 0 Å². The Hall–Kier alpha value is -0.0800. The van der Waals surface area contributed by atoms with Crippen molar-refractivity contribution >= 4 is 0 Å². The number of hydrogen-bond acceptors (Lipinski definition) is 2. The molecular formula is C15H32N2. The Kier molecular flexibility index (Phi) is 7.14. The average molecular weight is 240 g/mol. The zero-order chi connectivity index (χ0) is 12.7. The molecule has 0 aliphatic carbocycles. The van der Waals surface area contributed by atoms with Crippen molar-refractivity contribution in [2.75, 3.05) is 19.6 Å². The molecule has 0 aromatic heterocycles. The third-order valence-electron chi connectivity index (χ3n) is 3.96. The van der Waals surface area contributed by atoms with Crippen molar-refractivity contribution in [3.63, 3.8) is 0 Å². The summed E-state index contributed by atoms with van der Waals surface area (Å²) in [6.07, 6.45) is 6.93. The van der Waals surface area contributed by atoms with Crippen molar-refractivity contribution in [1.82, 2.24) is 10.2 Å². The first-order valence-corrected chi connectivity index (χ1v) is 7.57. The SMILES string of the molecule is CC(C)CNCCC(C)N1CCCCCC1C. The highest BCUT2D eigenvalue weighted by Crippen LogP contribution is 2.19. The van der Waals surface area contributed by atoms with Crippen LogP contribution < -0.4 is 5.32 Å². The fourth-order valence-electron chi connectivity index (χ4n) is 2.82. The average Bonchev–Trinajstić information content (AvgIpc) is 2.48. The fraction of sp³-hybridized carbons (Fsp3) is 1.00. The first-order chi connectivity index (χ1) is 8.11. The van der Waals surface area contributed by atoms with E-state index in [0.717, 1.165) is 24.5 Å². The maximum absolute atomic E-state index is 3.56. The van der Waals surface area contributed by atoms with E-state index >= 15 is 0 Å². The lowest BCUT2D eigenvalue weighted by Crippen LogP contribution is -2.41. The summed E-state index contributed by atoms with van der Waals surface area (Å²) in [6.45, 7) is 13.0. The van der Waals surface area contributed by atoms with Crippen molar-refractivity contribution in [3.8, 4) is 0 Å². The van der Waals surface area contributed by atoms with Crippen LogP contribution in [0.5, 0.6) is 0 Å². The van der Waals surface area contributed by atoms with E-state index in [1.165, 1.54) is 45.2 Å². The Morgan fingerprint density at radius 2 is 1.94 bits per heavy atom. The maximum atomic E-state index is 3.56. The van der Waals surface area contributed by atoms with Crippen LogP contribution >= 0.6 is 0 Å². The molecule has 2 atom stereocenters. The number of hydrogen-bond donors (Lipinski definition) is 1. The molecule has 0 saturated carbocycles. The van der Waals surface area contributed by atoms with E-state index in [1.54, 1.807) is 0 Å². The predicted octanol–water partition coefficient (Wildman–Crippen LogP) is 3.28. The lowest BCUT2D eigenvalue weighted by atomic mass is 10.1. The van der Waals surface area contributed by atoms with Crippen molar-refractivity contribution < 1.29 is 0 Å². The molecule has 0 radical (unpaired) electrons. The minimum absolute atomic E-state index is 0.739. The molecule has 1 N–H and O–H groups in total. The van der Waals surface area contributed by atoms with Gasteiger partial charge in [0.25, 0.3) is 0 Å². The second-order valence-corrected chi connectivity index (χ2v) is 6.17. The summed E-state index contributed by atoms with van der Waals surface area (Å²) in [4.78, 5) is 2.73. The lowest BCUT2D eigenvalue weighted by Gasteiger charge is -2.33. The molecule has 2 nitrogen and oxygen atoms in total. The molecular weight excluding hydrogens is 208 g/mol. The monoisotopic (exact) mass is 240 g/mol. The van der Waals surface area contributed by atoms with Gasteiger partial charge in [-0.25, -0.2) is 0 Å². The Morgan fingerprint density at radius 1 is 1.18 bits per heavy atom. The quantitative estimate of drug-likeness (QED) is 0.717. The van der Waals surface area contributed by atoms with E-state index in [-0.39, 0.29) is 0 Å². The van der Waals surface area contributed by atoms with Crippen LogP contribution in [0.2, 0.25) is 0 Å². The number of rotatable bonds is 6. The van der Waals surface area contributed by atoms with Gasteiger partial charge in [-0.3, -0.25) is 4.90 Å². The molecule has 2 unspecified atom stereocenters. The molecule has 1 rings (SSSR count). The number of likely N-dealkylation sites (tertiary alicyclic amines) is 1. The first kappa shape index (κ1) is 15.0. The van der Waals surface area contributed by atoms with Crippen molar-refractivity contribution in [1.29, 1.82) is 0 Å². The van der Waals surface area contributed by atoms with Gasteiger partial charge in [-0.05, 0) is 58.7 Å². The summed E-state index contributed by atoms with van der Waals surface area (Å²) >= 11 is 0. The Balaban J connectivity index is 2.22. The number of nitrogens with zero attached hydrogens (tertiary/aromatic N) is 1. The van der Waals surface area contributed by atoms with E-state index in [2.05, 4.69) is 37.9 Å². The van der Waals surface area contributed by atoms with Gasteiger partial charge >= 0.3 is 0 Å². The standard InChI is InChI=1S/C15H32N2/c1-13(2)12-16-10-9-15(4)17-11-7-5-6-8-14(17)3/h13-16H,5-12H2,1-4H3. The molecule has 1 saturated heterocycles. The Bertz CT molecular complexity index is 191. The first-order valence-electron chi connectivity index (χ1n) is 7.57. The zero-order valence-corrected chi connectivity index (χ0v) is 12.3. The molecule has 17 heavy (non-hydrogen) atoms. The normalized spacial score (nSPS) is 24.9. The van der Waals surface area contributed by atoms with Gasteiger partial charge in [-0.15, -0.1) is 0 Å². The van der Waals surface area contributed by atoms with Crippen LogP contribution in [0, 0.1) is 5.92 Å². The minimum atomic E-state index is 0.739. The van der Waals surface area contributed by atoms with Gasteiger partial charge in [-0.2, -0.15) is 0 Å². The fourth-order valence-corrected chi connectivity index (χ4v) is 2.82. The van der Waals surface area contributed by atoms with E-state index < -0.39 is 0 Å². The second kappa shape index (κ2) is 8.10. The van der Waals surface area contributed by atoms with Gasteiger partial charge in [0.2, 0.25) is 0 Å². The van der Waals surface area contributed by atoms with Gasteiger partial charge in [-0.1, -0.05) is 26.7 Å². The molecule has 1 aliphatic rings. The van der Waals surface area contributed by atoms with E-state index in [1.807, 2.05) is 0 Å². The topological polar surface area (TPSA) is 15.3 Å². The van der Waals surface area contributed by atoms with Crippen LogP contribution in [-0.2, 0) is 0 Å². The third-order valence-corrected chi connectivity index (χ3v) is 3.96. The molecule has 0 spiro atoms. The van der Waals surface area contributed by atoms with Gasteiger partial charge in [0.1, 0.15) is 0 Å². The van der Waals surface area contributed by atoms with Crippen LogP contribution in [0.4, 0.5) is 0 Å². The van der Waals surface area contributed by atoms with Gasteiger partial charge in [0, 0.05) is 12.1 Å². The molecule has 2 heteroatoms. The third kappa shape index (κ3) is 5.87. The smallest absolute Gasteiger partial charge is 0.00818 e. The molecule has 102 valence electrons. The van der Waals surface area contributed by atoms with Crippen LogP contribution in [-0.4, -0.2) is 36.6 Å². The van der Waals surface area contributed by atoms with E-state index in [9.17, 15) is 0 Å². The van der Waals surface area contributed by atoms with E-state index in [4.69, 9.17) is 0 Å². The molecule has 1 fully saturated rings. The van der Waals surface area contributed by atoms with Crippen LogP contribution in [0.1, 0.15) is 59.8 Å². The lowest BCUT2D eigenvalue weighted by molar-refractivity contribution is 0.149. The largest absolute Gasteiger partial charge is 0.316 e. The molecule has 1 heterocycles. The molecule has 0 aromatic carbocycles. The molecule has 0 aromatic rings. The van der Waals surface area contributed by atoms with Crippen LogP contribution in [0.15, 0.2) is 0 Å². The van der Waals surface area contributed by atoms with Crippen LogP contribution in [0.25, 0.3) is 0 Å². The summed E-state index contributed by atoms with van der Waals surface area (Å²) < 4.78 is 0. The van der Waals surface area contributed by atoms with Gasteiger partial charge in [0.15, 0.2) is 0 Å². The summed E-state index contributed by atoms with van der Waals surface area (Å²) in [5, 5.41) is 3.56. The second-order valence-electron chi connectivity index (χ2n) is 6.17. The summed E-state index contributed by atoms with van der Waals surface area (Å²) in [5.74, 6) is 0.766. The van der Waals surface area contributed by atoms with Crippen molar-refractivity contribution in [2.45, 2.75) is 71.9 Å². The molecule has 1 aliphatic heterocycles. The zero-order valence-electron chi connectivity index (χ0n) is 12.3. The van der Waals surface area contributed by atoms with Crippen molar-refractivity contribution in [2.24, 2.45) is 5.92 Å². The Labute approximate surface area is 108 Å². The van der Waals surface area contributed by atoms with Crippen molar-refractivity contribution in [3.05, 3.63) is 0 Å². The summed E-state index contributed by atoms with van der Waals surface area (Å²) in [6, 6.07) is 1.53. The highest BCUT2D eigenvalue weighted by atomic mass is 15.2. The highest BCUT2D eigenvalue weighted by Gasteiger charge is 2.21. The minimum Gasteiger partial charge on any atom is -0.316 e. The predicted molar refractivity (Wildman–Crippen MR) is 76.4 cm³/mol. The van der Waals surface area contributed by atoms with Gasteiger partial charge < -0.3 is 5.32 Å². The number of nitrogens with one attached hydrogen (secondary N) is 1.